The number of carbonyl (C=O) groups is 2. The molecule has 1 heterocycles. The number of nitrogens with zero attached hydrogens (tertiary/aromatic N) is 2. The lowest BCUT2D eigenvalue weighted by Crippen LogP contribution is -2.37. The van der Waals surface area contributed by atoms with Crippen LogP contribution in [0.25, 0.3) is 0 Å². The first-order valence-corrected chi connectivity index (χ1v) is 8.81. The molecule has 2 rings (SSSR count). The van der Waals surface area contributed by atoms with E-state index in [0.29, 0.717) is 52.0 Å². The highest BCUT2D eigenvalue weighted by atomic mass is 16.5. The van der Waals surface area contributed by atoms with Gasteiger partial charge in [-0.25, -0.2) is 0 Å². The third-order valence-electron chi connectivity index (χ3n) is 4.48. The SMILES string of the molecule is COCCC(=O)N1CCCN(C(=O)CCc2cccc(OC)c2)CC1. The molecule has 0 radical (unpaired) electrons. The van der Waals surface area contributed by atoms with Crippen molar-refractivity contribution in [2.45, 2.75) is 25.7 Å². The van der Waals surface area contributed by atoms with Gasteiger partial charge >= 0.3 is 0 Å². The lowest BCUT2D eigenvalue weighted by atomic mass is 10.1. The Morgan fingerprint density at radius 2 is 1.68 bits per heavy atom. The van der Waals surface area contributed by atoms with Gasteiger partial charge in [0.05, 0.1) is 20.1 Å². The number of hydrogen-bond acceptors (Lipinski definition) is 4. The minimum absolute atomic E-state index is 0.104. The van der Waals surface area contributed by atoms with Crippen LogP contribution in [0, 0.1) is 0 Å². The van der Waals surface area contributed by atoms with E-state index in [0.717, 1.165) is 17.7 Å². The number of rotatable bonds is 7. The van der Waals surface area contributed by atoms with Crippen LogP contribution in [0.2, 0.25) is 0 Å². The summed E-state index contributed by atoms with van der Waals surface area (Å²) in [7, 11) is 3.24. The molecule has 0 saturated carbocycles. The lowest BCUT2D eigenvalue weighted by molar-refractivity contribution is -0.134. The molecular weight excluding hydrogens is 320 g/mol. The van der Waals surface area contributed by atoms with Crippen LogP contribution in [-0.4, -0.2) is 68.6 Å². The molecule has 138 valence electrons. The highest BCUT2D eigenvalue weighted by Gasteiger charge is 2.21. The van der Waals surface area contributed by atoms with Crippen LogP contribution in [0.1, 0.15) is 24.8 Å². The quantitative estimate of drug-likeness (QED) is 0.753. The van der Waals surface area contributed by atoms with Gasteiger partial charge in [-0.2, -0.15) is 0 Å². The maximum atomic E-state index is 12.5. The van der Waals surface area contributed by atoms with E-state index < -0.39 is 0 Å². The molecule has 1 aliphatic rings. The first kappa shape index (κ1) is 19.2. The number of methoxy groups -OCH3 is 2. The maximum Gasteiger partial charge on any atom is 0.224 e. The van der Waals surface area contributed by atoms with Crippen LogP contribution < -0.4 is 4.74 Å². The smallest absolute Gasteiger partial charge is 0.224 e. The largest absolute Gasteiger partial charge is 0.497 e. The van der Waals surface area contributed by atoms with Gasteiger partial charge in [0.2, 0.25) is 11.8 Å². The second kappa shape index (κ2) is 10.0. The number of ether oxygens (including phenoxy) is 2. The fourth-order valence-electron chi connectivity index (χ4n) is 3.00. The van der Waals surface area contributed by atoms with Crippen molar-refractivity contribution >= 4 is 11.8 Å². The molecule has 6 heteroatoms. The molecule has 1 fully saturated rings. The molecular formula is C19H28N2O4. The molecule has 1 aromatic rings. The predicted octanol–water partition coefficient (Wildman–Crippen LogP) is 1.73. The molecule has 0 unspecified atom stereocenters. The predicted molar refractivity (Wildman–Crippen MR) is 95.6 cm³/mol. The second-order valence-electron chi connectivity index (χ2n) is 6.21. The molecule has 0 aliphatic carbocycles. The number of amides is 2. The van der Waals surface area contributed by atoms with E-state index in [1.54, 1.807) is 14.2 Å². The van der Waals surface area contributed by atoms with E-state index >= 15 is 0 Å². The first-order valence-electron chi connectivity index (χ1n) is 8.81. The third kappa shape index (κ3) is 6.05. The summed E-state index contributed by atoms with van der Waals surface area (Å²) in [6, 6.07) is 7.81. The molecule has 0 atom stereocenters. The number of carbonyl (C=O) groups excluding carboxylic acids is 2. The molecule has 2 amide bonds. The van der Waals surface area contributed by atoms with Crippen molar-refractivity contribution in [3.8, 4) is 5.75 Å². The highest BCUT2D eigenvalue weighted by Crippen LogP contribution is 2.15. The summed E-state index contributed by atoms with van der Waals surface area (Å²) in [4.78, 5) is 28.3. The molecule has 25 heavy (non-hydrogen) atoms. The van der Waals surface area contributed by atoms with Crippen LogP contribution in [0.5, 0.6) is 5.75 Å². The van der Waals surface area contributed by atoms with E-state index in [2.05, 4.69) is 0 Å². The van der Waals surface area contributed by atoms with Gasteiger partial charge in [-0.05, 0) is 30.5 Å². The molecule has 0 bridgehead atoms. The average molecular weight is 348 g/mol. The first-order chi connectivity index (χ1) is 12.1. The van der Waals surface area contributed by atoms with Crippen LogP contribution >= 0.6 is 0 Å². The lowest BCUT2D eigenvalue weighted by Gasteiger charge is -2.22. The van der Waals surface area contributed by atoms with Gasteiger partial charge in [-0.15, -0.1) is 0 Å². The van der Waals surface area contributed by atoms with Crippen molar-refractivity contribution in [1.29, 1.82) is 0 Å². The summed E-state index contributed by atoms with van der Waals surface area (Å²) in [6.45, 7) is 3.08. The van der Waals surface area contributed by atoms with Gasteiger partial charge in [0, 0.05) is 39.7 Å². The highest BCUT2D eigenvalue weighted by molar-refractivity contribution is 5.78. The zero-order chi connectivity index (χ0) is 18.1. The Bertz CT molecular complexity index is 576. The van der Waals surface area contributed by atoms with Crippen molar-refractivity contribution in [3.63, 3.8) is 0 Å². The van der Waals surface area contributed by atoms with Crippen molar-refractivity contribution in [2.75, 3.05) is 47.0 Å². The fraction of sp³-hybridized carbons (Fsp3) is 0.579. The maximum absolute atomic E-state index is 12.5. The Morgan fingerprint density at radius 1 is 1.00 bits per heavy atom. The summed E-state index contributed by atoms with van der Waals surface area (Å²) < 4.78 is 10.2. The van der Waals surface area contributed by atoms with Gasteiger partial charge in [0.15, 0.2) is 0 Å². The number of aryl methyl sites for hydroxylation is 1. The van der Waals surface area contributed by atoms with Crippen molar-refractivity contribution in [3.05, 3.63) is 29.8 Å². The van der Waals surface area contributed by atoms with Gasteiger partial charge in [0.25, 0.3) is 0 Å². The molecule has 0 spiro atoms. The minimum atomic E-state index is 0.104. The normalized spacial score (nSPS) is 15.0. The standard InChI is InChI=1S/C19H28N2O4/c1-24-14-9-19(23)21-11-4-10-20(12-13-21)18(22)8-7-16-5-3-6-17(15-16)25-2/h3,5-6,15H,4,7-14H2,1-2H3. The summed E-state index contributed by atoms with van der Waals surface area (Å²) in [6.07, 6.45) is 2.40. The van der Waals surface area contributed by atoms with Crippen molar-refractivity contribution in [2.24, 2.45) is 0 Å². The monoisotopic (exact) mass is 348 g/mol. The zero-order valence-electron chi connectivity index (χ0n) is 15.2. The molecule has 1 aromatic carbocycles. The van der Waals surface area contributed by atoms with E-state index in [4.69, 9.17) is 9.47 Å². The minimum Gasteiger partial charge on any atom is -0.497 e. The third-order valence-corrected chi connectivity index (χ3v) is 4.48. The molecule has 6 nitrogen and oxygen atoms in total. The van der Waals surface area contributed by atoms with Crippen molar-refractivity contribution in [1.82, 2.24) is 9.80 Å². The average Bonchev–Trinajstić information content (AvgIpc) is 2.90. The second-order valence-corrected chi connectivity index (χ2v) is 6.21. The van der Waals surface area contributed by atoms with Gasteiger partial charge in [-0.3, -0.25) is 9.59 Å². The molecule has 1 aliphatic heterocycles. The summed E-state index contributed by atoms with van der Waals surface area (Å²) in [5, 5.41) is 0. The van der Waals surface area contributed by atoms with E-state index in [9.17, 15) is 9.59 Å². The van der Waals surface area contributed by atoms with Gasteiger partial charge in [-0.1, -0.05) is 12.1 Å². The van der Waals surface area contributed by atoms with Gasteiger partial charge in [0.1, 0.15) is 5.75 Å². The summed E-state index contributed by atoms with van der Waals surface area (Å²) >= 11 is 0. The Hall–Kier alpha value is -2.08. The Kier molecular flexibility index (Phi) is 7.73. The molecule has 0 N–H and O–H groups in total. The van der Waals surface area contributed by atoms with E-state index in [-0.39, 0.29) is 11.8 Å². The fourth-order valence-corrected chi connectivity index (χ4v) is 3.00. The summed E-state index contributed by atoms with van der Waals surface area (Å²) in [5.74, 6) is 1.06. The number of benzene rings is 1. The Morgan fingerprint density at radius 3 is 2.32 bits per heavy atom. The Labute approximate surface area is 149 Å². The van der Waals surface area contributed by atoms with Crippen LogP contribution in [-0.2, 0) is 20.7 Å². The summed E-state index contributed by atoms with van der Waals surface area (Å²) in [5.41, 5.74) is 1.10. The Balaban J connectivity index is 1.81. The van der Waals surface area contributed by atoms with Crippen LogP contribution in [0.3, 0.4) is 0 Å². The van der Waals surface area contributed by atoms with Gasteiger partial charge < -0.3 is 19.3 Å². The topological polar surface area (TPSA) is 59.1 Å². The molecule has 0 aromatic heterocycles. The number of hydrogen-bond donors (Lipinski definition) is 0. The van der Waals surface area contributed by atoms with Crippen molar-refractivity contribution < 1.29 is 19.1 Å². The molecule has 1 saturated heterocycles. The van der Waals surface area contributed by atoms with E-state index in [1.807, 2.05) is 34.1 Å². The zero-order valence-corrected chi connectivity index (χ0v) is 15.2. The van der Waals surface area contributed by atoms with E-state index in [1.165, 1.54) is 0 Å². The van der Waals surface area contributed by atoms with Crippen LogP contribution in [0.4, 0.5) is 0 Å². The van der Waals surface area contributed by atoms with Crippen LogP contribution in [0.15, 0.2) is 24.3 Å².